The molecular formula is C19H24N2O5. The lowest BCUT2D eigenvalue weighted by Gasteiger charge is -2.31. The number of aromatic hydroxyl groups is 1. The molecule has 0 spiro atoms. The number of nitrogens with one attached hydrogen (secondary N) is 1. The number of likely N-dealkylation sites (tertiary alicyclic amines) is 1. The monoisotopic (exact) mass is 360 g/mol. The first-order valence-corrected chi connectivity index (χ1v) is 9.00. The van der Waals surface area contributed by atoms with E-state index in [1.165, 1.54) is 17.0 Å². The van der Waals surface area contributed by atoms with Gasteiger partial charge >= 0.3 is 5.97 Å². The Morgan fingerprint density at radius 3 is 2.38 bits per heavy atom. The topological polar surface area (TPSA) is 95.9 Å². The van der Waals surface area contributed by atoms with E-state index in [1.54, 1.807) is 26.0 Å². The first-order valence-electron chi connectivity index (χ1n) is 9.00. The van der Waals surface area contributed by atoms with Crippen molar-refractivity contribution in [3.05, 3.63) is 29.8 Å². The molecule has 26 heavy (non-hydrogen) atoms. The maximum Gasteiger partial charge on any atom is 0.327 e. The largest absolute Gasteiger partial charge is 0.508 e. The molecule has 1 aromatic rings. The van der Waals surface area contributed by atoms with E-state index in [2.05, 4.69) is 5.32 Å². The van der Waals surface area contributed by atoms with Gasteiger partial charge in [0, 0.05) is 12.6 Å². The first-order chi connectivity index (χ1) is 12.4. The Bertz CT molecular complexity index is 732. The molecule has 0 bridgehead atoms. The van der Waals surface area contributed by atoms with E-state index in [4.69, 9.17) is 4.74 Å². The molecule has 140 valence electrons. The summed E-state index contributed by atoms with van der Waals surface area (Å²) in [4.78, 5) is 39.9. The van der Waals surface area contributed by atoms with Gasteiger partial charge in [-0.2, -0.15) is 0 Å². The molecule has 2 amide bonds. The fourth-order valence-corrected chi connectivity index (χ4v) is 4.26. The average molecular weight is 360 g/mol. The van der Waals surface area contributed by atoms with Crippen molar-refractivity contribution in [1.29, 1.82) is 0 Å². The molecule has 2 fully saturated rings. The number of esters is 1. The maximum atomic E-state index is 13.0. The molecule has 0 saturated carbocycles. The number of carbonyl (C=O) groups is 3. The third-order valence-corrected chi connectivity index (χ3v) is 5.51. The quantitative estimate of drug-likeness (QED) is 0.608. The predicted octanol–water partition coefficient (Wildman–Crippen LogP) is 1.37. The summed E-state index contributed by atoms with van der Waals surface area (Å²) in [7, 11) is 0. The average Bonchev–Trinajstić information content (AvgIpc) is 3.11. The molecule has 7 heteroatoms. The molecule has 2 aliphatic heterocycles. The Morgan fingerprint density at radius 2 is 1.85 bits per heavy atom. The van der Waals surface area contributed by atoms with Crippen LogP contribution in [0, 0.1) is 11.8 Å². The van der Waals surface area contributed by atoms with E-state index in [0.29, 0.717) is 6.42 Å². The zero-order valence-corrected chi connectivity index (χ0v) is 15.2. The third-order valence-electron chi connectivity index (χ3n) is 5.51. The normalized spacial score (nSPS) is 30.6. The number of hydrogen-bond acceptors (Lipinski definition) is 6. The second-order valence-corrected chi connectivity index (χ2v) is 6.68. The number of benzene rings is 1. The molecule has 2 saturated heterocycles. The van der Waals surface area contributed by atoms with Crippen LogP contribution >= 0.6 is 0 Å². The molecule has 1 aromatic carbocycles. The number of phenolic OH excluding ortho intramolecular Hbond substituents is 1. The summed E-state index contributed by atoms with van der Waals surface area (Å²) < 4.78 is 5.26. The van der Waals surface area contributed by atoms with Crippen molar-refractivity contribution in [3.8, 4) is 5.75 Å². The minimum atomic E-state index is -1.24. The minimum absolute atomic E-state index is 0.111. The summed E-state index contributed by atoms with van der Waals surface area (Å²) in [5, 5.41) is 12.8. The van der Waals surface area contributed by atoms with Gasteiger partial charge in [0.15, 0.2) is 0 Å². The van der Waals surface area contributed by atoms with Crippen molar-refractivity contribution < 1.29 is 24.2 Å². The van der Waals surface area contributed by atoms with Gasteiger partial charge in [0.25, 0.3) is 0 Å². The molecular weight excluding hydrogens is 336 g/mol. The van der Waals surface area contributed by atoms with Crippen molar-refractivity contribution in [3.63, 3.8) is 0 Å². The Balaban J connectivity index is 2.11. The van der Waals surface area contributed by atoms with Crippen molar-refractivity contribution >= 4 is 17.8 Å². The van der Waals surface area contributed by atoms with Crippen molar-refractivity contribution in [2.45, 2.75) is 38.8 Å². The summed E-state index contributed by atoms with van der Waals surface area (Å²) in [6.45, 7) is 5.74. The molecule has 0 radical (unpaired) electrons. The number of nitrogens with zero attached hydrogens (tertiary/aromatic N) is 1. The lowest BCUT2D eigenvalue weighted by atomic mass is 9.78. The number of carbonyl (C=O) groups excluding carboxylic acids is 3. The van der Waals surface area contributed by atoms with Crippen LogP contribution in [0.5, 0.6) is 5.75 Å². The number of phenols is 1. The number of fused-ring (bicyclic) bond motifs is 1. The van der Waals surface area contributed by atoms with E-state index in [-0.39, 0.29) is 30.7 Å². The van der Waals surface area contributed by atoms with Gasteiger partial charge in [0.05, 0.1) is 18.4 Å². The Morgan fingerprint density at radius 1 is 1.19 bits per heavy atom. The second-order valence-electron chi connectivity index (χ2n) is 6.68. The van der Waals surface area contributed by atoms with E-state index < -0.39 is 29.4 Å². The molecule has 7 nitrogen and oxygen atoms in total. The van der Waals surface area contributed by atoms with Crippen LogP contribution < -0.4 is 5.32 Å². The Hall–Kier alpha value is -2.41. The standard InChI is InChI=1S/C19H24N2O5/c1-4-19(18(25)26-6-3)14-13(16(23)21(5-2)17(14)24)15(20-19)11-7-9-12(22)10-8-11/h7-10,13-15,20,22H,4-6H2,1-3H3/t13-,14-,15-,19+/m0/s1. The molecule has 0 aromatic heterocycles. The number of hydrogen-bond donors (Lipinski definition) is 2. The number of imide groups is 1. The van der Waals surface area contributed by atoms with E-state index in [9.17, 15) is 19.5 Å². The smallest absolute Gasteiger partial charge is 0.327 e. The molecule has 0 aliphatic carbocycles. The highest BCUT2D eigenvalue weighted by atomic mass is 16.5. The van der Waals surface area contributed by atoms with E-state index >= 15 is 0 Å². The number of rotatable bonds is 5. The fraction of sp³-hybridized carbons (Fsp3) is 0.526. The predicted molar refractivity (Wildman–Crippen MR) is 93.0 cm³/mol. The van der Waals surface area contributed by atoms with E-state index in [1.807, 2.05) is 6.92 Å². The van der Waals surface area contributed by atoms with Crippen molar-refractivity contribution in [2.75, 3.05) is 13.2 Å². The highest BCUT2D eigenvalue weighted by Gasteiger charge is 2.67. The van der Waals surface area contributed by atoms with Crippen LogP contribution in [0.4, 0.5) is 0 Å². The number of amides is 2. The summed E-state index contributed by atoms with van der Waals surface area (Å²) >= 11 is 0. The van der Waals surface area contributed by atoms with Crippen LogP contribution in [0.1, 0.15) is 38.8 Å². The summed E-state index contributed by atoms with van der Waals surface area (Å²) in [6, 6.07) is 5.96. The van der Waals surface area contributed by atoms with Gasteiger partial charge in [-0.25, -0.2) is 0 Å². The number of ether oxygens (including phenoxy) is 1. The second kappa shape index (κ2) is 6.72. The van der Waals surface area contributed by atoms with Gasteiger partial charge in [-0.15, -0.1) is 0 Å². The fourth-order valence-electron chi connectivity index (χ4n) is 4.26. The van der Waals surface area contributed by atoms with Crippen LogP contribution in [0.25, 0.3) is 0 Å². The minimum Gasteiger partial charge on any atom is -0.508 e. The van der Waals surface area contributed by atoms with Crippen LogP contribution in [-0.4, -0.2) is 46.5 Å². The Kier molecular flexibility index (Phi) is 4.75. The molecule has 4 atom stereocenters. The van der Waals surface area contributed by atoms with Crippen molar-refractivity contribution in [1.82, 2.24) is 10.2 Å². The van der Waals surface area contributed by atoms with Gasteiger partial charge in [0.1, 0.15) is 11.3 Å². The summed E-state index contributed by atoms with van der Waals surface area (Å²) in [5.74, 6) is -2.45. The molecule has 2 heterocycles. The van der Waals surface area contributed by atoms with Gasteiger partial charge in [0.2, 0.25) is 11.8 Å². The van der Waals surface area contributed by atoms with Crippen LogP contribution in [0.15, 0.2) is 24.3 Å². The lowest BCUT2D eigenvalue weighted by Crippen LogP contribution is -2.56. The van der Waals surface area contributed by atoms with Gasteiger partial charge in [-0.05, 0) is 38.0 Å². The van der Waals surface area contributed by atoms with Gasteiger partial charge < -0.3 is 9.84 Å². The van der Waals surface area contributed by atoms with Crippen LogP contribution in [-0.2, 0) is 19.1 Å². The Labute approximate surface area is 152 Å². The lowest BCUT2D eigenvalue weighted by molar-refractivity contribution is -0.156. The SMILES string of the molecule is CCOC(=O)[C@]1(CC)N[C@@H](c2ccc(O)cc2)[C@H]2C(=O)N(CC)C(=O)[C@H]21. The highest BCUT2D eigenvalue weighted by molar-refractivity contribution is 6.09. The molecule has 3 rings (SSSR count). The van der Waals surface area contributed by atoms with Gasteiger partial charge in [-0.3, -0.25) is 24.6 Å². The third kappa shape index (κ3) is 2.49. The van der Waals surface area contributed by atoms with E-state index in [0.717, 1.165) is 5.56 Å². The van der Waals surface area contributed by atoms with Gasteiger partial charge in [-0.1, -0.05) is 19.1 Å². The molecule has 2 aliphatic rings. The summed E-state index contributed by atoms with van der Waals surface area (Å²) in [6.07, 6.45) is 0.332. The maximum absolute atomic E-state index is 13.0. The van der Waals surface area contributed by atoms with Crippen LogP contribution in [0.2, 0.25) is 0 Å². The highest BCUT2D eigenvalue weighted by Crippen LogP contribution is 2.50. The summed E-state index contributed by atoms with van der Waals surface area (Å²) in [5.41, 5.74) is -0.489. The zero-order valence-electron chi connectivity index (χ0n) is 15.2. The van der Waals surface area contributed by atoms with Crippen molar-refractivity contribution in [2.24, 2.45) is 11.8 Å². The first kappa shape index (κ1) is 18.4. The van der Waals surface area contributed by atoms with Crippen LogP contribution in [0.3, 0.4) is 0 Å². The molecule has 0 unspecified atom stereocenters. The zero-order chi connectivity index (χ0) is 19.1. The molecule has 2 N–H and O–H groups in total.